The molecule has 0 bridgehead atoms. The number of halogens is 2. The van der Waals surface area contributed by atoms with E-state index in [0.717, 1.165) is 0 Å². The highest BCUT2D eigenvalue weighted by molar-refractivity contribution is 9.08. The topological polar surface area (TPSA) is 29.5 Å². The lowest BCUT2D eigenvalue weighted by Crippen LogP contribution is -2.35. The third-order valence-electron chi connectivity index (χ3n) is 1.74. The van der Waals surface area contributed by atoms with Crippen molar-refractivity contribution >= 4 is 28.5 Å². The van der Waals surface area contributed by atoms with Crippen LogP contribution in [0.25, 0.3) is 0 Å². The monoisotopic (exact) mass is 246 g/mol. The first kappa shape index (κ1) is 10.7. The fourth-order valence-electron chi connectivity index (χ4n) is 1.06. The molecule has 0 aliphatic heterocycles. The van der Waals surface area contributed by atoms with E-state index in [1.54, 1.807) is 0 Å². The highest BCUT2D eigenvalue weighted by atomic mass is 79.9. The summed E-state index contributed by atoms with van der Waals surface area (Å²) in [5, 5.41) is 9.85. The fraction of sp³-hybridized carbons (Fsp3) is 0.250. The molecule has 0 heterocycles. The van der Waals surface area contributed by atoms with Gasteiger partial charge in [-0.05, 0) is 23.2 Å². The first-order valence-electron chi connectivity index (χ1n) is 3.74. The van der Waals surface area contributed by atoms with Gasteiger partial charge in [-0.1, -0.05) is 22.0 Å². The summed E-state index contributed by atoms with van der Waals surface area (Å²) in [5.41, 5.74) is 1.27. The molecule has 1 rings (SSSR count). The highest BCUT2D eigenvalue weighted by Gasteiger charge is 2.18. The van der Waals surface area contributed by atoms with Gasteiger partial charge in [0.15, 0.2) is 0 Å². The zero-order valence-electron chi connectivity index (χ0n) is 7.13. The van der Waals surface area contributed by atoms with Gasteiger partial charge in [0.1, 0.15) is 5.82 Å². The summed E-state index contributed by atoms with van der Waals surface area (Å²) < 4.78 is 17.5. The van der Waals surface area contributed by atoms with Gasteiger partial charge < -0.3 is 9.68 Å². The summed E-state index contributed by atoms with van der Waals surface area (Å²) in [6.45, 7) is 0. The zero-order chi connectivity index (χ0) is 9.84. The number of hydrogen-bond acceptors (Lipinski definition) is 2. The van der Waals surface area contributed by atoms with E-state index in [0.29, 0.717) is 16.4 Å². The Bertz CT molecular complexity index is 295. The van der Waals surface area contributed by atoms with E-state index in [9.17, 15) is 9.41 Å². The second kappa shape index (κ2) is 4.74. The Hall–Kier alpha value is -0.385. The molecule has 0 saturated carbocycles. The molecule has 1 N–H and O–H groups in total. The molecule has 0 aliphatic rings. The smallest absolute Gasteiger partial charge is 0.423 e. The van der Waals surface area contributed by atoms with Gasteiger partial charge in [-0.2, -0.15) is 0 Å². The molecule has 0 aromatic heterocycles. The molecule has 0 radical (unpaired) electrons. The predicted octanol–water partition coefficient (Wildman–Crippen LogP) is 1.05. The van der Waals surface area contributed by atoms with Gasteiger partial charge in [-0.15, -0.1) is 0 Å². The summed E-state index contributed by atoms with van der Waals surface area (Å²) in [7, 11) is 0.402. The minimum absolute atomic E-state index is 0.318. The molecule has 0 saturated heterocycles. The molecule has 0 aliphatic carbocycles. The van der Waals surface area contributed by atoms with Gasteiger partial charge in [0.2, 0.25) is 0 Å². The molecular formula is C8H9BBrFO2. The molecule has 13 heavy (non-hydrogen) atoms. The molecular weight excluding hydrogens is 238 g/mol. The largest absolute Gasteiger partial charge is 0.491 e. The quantitative estimate of drug-likeness (QED) is 0.639. The lowest BCUT2D eigenvalue weighted by molar-refractivity contribution is 0.341. The van der Waals surface area contributed by atoms with Crippen molar-refractivity contribution in [3.05, 3.63) is 29.6 Å². The van der Waals surface area contributed by atoms with Gasteiger partial charge in [-0.3, -0.25) is 0 Å². The molecule has 0 amide bonds. The average Bonchev–Trinajstić information content (AvgIpc) is 2.16. The van der Waals surface area contributed by atoms with Crippen molar-refractivity contribution in [1.82, 2.24) is 0 Å². The van der Waals surface area contributed by atoms with Crippen LogP contribution in [0.1, 0.15) is 5.56 Å². The van der Waals surface area contributed by atoms with Crippen LogP contribution in [-0.4, -0.2) is 19.3 Å². The van der Waals surface area contributed by atoms with Crippen molar-refractivity contribution in [2.75, 3.05) is 7.11 Å². The van der Waals surface area contributed by atoms with E-state index >= 15 is 0 Å². The average molecular weight is 247 g/mol. The normalized spacial score (nSPS) is 10.2. The first-order valence-corrected chi connectivity index (χ1v) is 4.86. The maximum absolute atomic E-state index is 12.8. The Balaban J connectivity index is 3.05. The summed E-state index contributed by atoms with van der Waals surface area (Å²) in [6.07, 6.45) is 0. The van der Waals surface area contributed by atoms with Crippen molar-refractivity contribution in [1.29, 1.82) is 0 Å². The zero-order valence-corrected chi connectivity index (χ0v) is 8.71. The van der Waals surface area contributed by atoms with Gasteiger partial charge >= 0.3 is 7.12 Å². The summed E-state index contributed by atoms with van der Waals surface area (Å²) >= 11 is 3.21. The van der Waals surface area contributed by atoms with Crippen LogP contribution in [0.4, 0.5) is 4.39 Å². The second-order valence-electron chi connectivity index (χ2n) is 2.56. The fourth-order valence-corrected chi connectivity index (χ4v) is 1.54. The van der Waals surface area contributed by atoms with E-state index in [1.165, 1.54) is 25.3 Å². The molecule has 0 unspecified atom stereocenters. The van der Waals surface area contributed by atoms with Gasteiger partial charge in [0.05, 0.1) is 0 Å². The van der Waals surface area contributed by atoms with Crippen LogP contribution in [0, 0.1) is 5.82 Å². The van der Waals surface area contributed by atoms with Crippen LogP contribution >= 0.6 is 15.9 Å². The first-order chi connectivity index (χ1) is 6.19. The molecule has 0 atom stereocenters. The molecule has 0 spiro atoms. The van der Waals surface area contributed by atoms with Crippen molar-refractivity contribution < 1.29 is 14.1 Å². The molecule has 5 heteroatoms. The van der Waals surface area contributed by atoms with Crippen LogP contribution in [0.5, 0.6) is 0 Å². The maximum atomic E-state index is 12.8. The molecule has 0 fully saturated rings. The maximum Gasteiger partial charge on any atom is 0.491 e. The number of hydrogen-bond donors (Lipinski definition) is 1. The second-order valence-corrected chi connectivity index (χ2v) is 3.13. The Labute approximate surface area is 85.0 Å². The Morgan fingerprint density at radius 2 is 2.31 bits per heavy atom. The summed E-state index contributed by atoms with van der Waals surface area (Å²) in [5.74, 6) is -0.318. The number of rotatable bonds is 3. The molecule has 1 aromatic carbocycles. The SMILES string of the molecule is COB(O)c1ccc(F)cc1CBr. The van der Waals surface area contributed by atoms with Crippen molar-refractivity contribution in [3.8, 4) is 0 Å². The van der Waals surface area contributed by atoms with Gasteiger partial charge in [0, 0.05) is 12.4 Å². The highest BCUT2D eigenvalue weighted by Crippen LogP contribution is 2.06. The van der Waals surface area contributed by atoms with Crippen molar-refractivity contribution in [2.45, 2.75) is 5.33 Å². The molecule has 1 aromatic rings. The summed E-state index contributed by atoms with van der Waals surface area (Å²) in [4.78, 5) is 0. The minimum atomic E-state index is -0.992. The molecule has 2 nitrogen and oxygen atoms in total. The van der Waals surface area contributed by atoms with Crippen LogP contribution in [0.2, 0.25) is 0 Å². The van der Waals surface area contributed by atoms with Crippen LogP contribution in [0.3, 0.4) is 0 Å². The standard InChI is InChI=1S/C8H9BBrFO2/c1-13-9(12)8-3-2-7(11)4-6(8)5-10/h2-4,12H,5H2,1H3. The van der Waals surface area contributed by atoms with E-state index in [2.05, 4.69) is 15.9 Å². The van der Waals surface area contributed by atoms with Gasteiger partial charge in [-0.25, -0.2) is 4.39 Å². The Morgan fingerprint density at radius 1 is 1.62 bits per heavy atom. The molecule has 70 valence electrons. The van der Waals surface area contributed by atoms with Crippen LogP contribution in [-0.2, 0) is 9.98 Å². The lowest BCUT2D eigenvalue weighted by atomic mass is 9.77. The van der Waals surface area contributed by atoms with E-state index in [1.807, 2.05) is 0 Å². The third-order valence-corrected chi connectivity index (χ3v) is 2.34. The number of alkyl halides is 1. The van der Waals surface area contributed by atoms with Crippen molar-refractivity contribution in [3.63, 3.8) is 0 Å². The van der Waals surface area contributed by atoms with E-state index in [4.69, 9.17) is 4.65 Å². The predicted molar refractivity (Wildman–Crippen MR) is 53.6 cm³/mol. The Kier molecular flexibility index (Phi) is 3.90. The third kappa shape index (κ3) is 2.53. The Morgan fingerprint density at radius 3 is 2.85 bits per heavy atom. The minimum Gasteiger partial charge on any atom is -0.423 e. The number of benzene rings is 1. The van der Waals surface area contributed by atoms with Crippen LogP contribution in [0.15, 0.2) is 18.2 Å². The van der Waals surface area contributed by atoms with Gasteiger partial charge in [0.25, 0.3) is 0 Å². The van der Waals surface area contributed by atoms with Crippen LogP contribution < -0.4 is 5.46 Å². The lowest BCUT2D eigenvalue weighted by Gasteiger charge is -2.08. The van der Waals surface area contributed by atoms with E-state index < -0.39 is 7.12 Å². The summed E-state index contributed by atoms with van der Waals surface area (Å²) in [6, 6.07) is 4.18. The van der Waals surface area contributed by atoms with E-state index in [-0.39, 0.29) is 5.82 Å². The van der Waals surface area contributed by atoms with Crippen molar-refractivity contribution in [2.24, 2.45) is 0 Å².